The van der Waals surface area contributed by atoms with Crippen LogP contribution < -0.4 is 10.3 Å². The highest BCUT2D eigenvalue weighted by molar-refractivity contribution is 6.00. The smallest absolute Gasteiger partial charge is 0.254 e. The molecule has 1 spiro atoms. The maximum Gasteiger partial charge on any atom is 0.254 e. The zero-order valence-corrected chi connectivity index (χ0v) is 23.3. The predicted molar refractivity (Wildman–Crippen MR) is 146 cm³/mol. The monoisotopic (exact) mass is 503 g/mol. The van der Waals surface area contributed by atoms with E-state index in [9.17, 15) is 9.59 Å². The molecule has 37 heavy (non-hydrogen) atoms. The van der Waals surface area contributed by atoms with Crippen LogP contribution in [-0.4, -0.2) is 53.0 Å². The van der Waals surface area contributed by atoms with Crippen LogP contribution in [0.5, 0.6) is 5.75 Å². The number of hydrogen-bond donors (Lipinski definition) is 1. The standard InChI is InChI=1S/C31H41N3O3/c1-18-13-19(2)32-28(35)24(18)16-34-17-31(11-12-31)25-14-21-15-30(4,22-7-9-23(10-8-22)33(5)6)37-27(21)20(3)26(25)29(34)36/h13-14,22-23H,7-12,15-17H2,1-6H3,(H,32,35). The van der Waals surface area contributed by atoms with Crippen molar-refractivity contribution in [2.24, 2.45) is 5.92 Å². The number of pyridine rings is 1. The van der Waals surface area contributed by atoms with E-state index in [0.717, 1.165) is 47.4 Å². The number of nitrogens with zero attached hydrogens (tertiary/aromatic N) is 2. The first-order chi connectivity index (χ1) is 17.5. The van der Waals surface area contributed by atoms with Crippen molar-refractivity contribution in [1.29, 1.82) is 0 Å². The Balaban J connectivity index is 1.31. The Labute approximate surface area is 220 Å². The van der Waals surface area contributed by atoms with E-state index in [2.05, 4.69) is 43.9 Å². The lowest BCUT2D eigenvalue weighted by atomic mass is 9.74. The van der Waals surface area contributed by atoms with Crippen LogP contribution in [0, 0.1) is 26.7 Å². The molecular formula is C31H41N3O3. The first-order valence-electron chi connectivity index (χ1n) is 14.0. The third kappa shape index (κ3) is 3.94. The van der Waals surface area contributed by atoms with Crippen molar-refractivity contribution in [1.82, 2.24) is 14.8 Å². The van der Waals surface area contributed by atoms with E-state index in [1.807, 2.05) is 24.8 Å². The number of ether oxygens (including phenoxy) is 1. The Kier molecular flexibility index (Phi) is 5.65. The molecule has 2 saturated carbocycles. The van der Waals surface area contributed by atoms with Gasteiger partial charge in [-0.15, -0.1) is 0 Å². The molecular weight excluding hydrogens is 462 g/mol. The summed E-state index contributed by atoms with van der Waals surface area (Å²) in [6.07, 6.45) is 7.93. The molecule has 1 atom stereocenters. The summed E-state index contributed by atoms with van der Waals surface area (Å²) in [6, 6.07) is 4.98. The second kappa shape index (κ2) is 8.45. The molecule has 198 valence electrons. The van der Waals surface area contributed by atoms with Crippen LogP contribution in [-0.2, 0) is 18.4 Å². The van der Waals surface area contributed by atoms with Crippen molar-refractivity contribution in [3.8, 4) is 5.75 Å². The van der Waals surface area contributed by atoms with Gasteiger partial charge >= 0.3 is 0 Å². The summed E-state index contributed by atoms with van der Waals surface area (Å²) >= 11 is 0. The largest absolute Gasteiger partial charge is 0.486 e. The maximum atomic E-state index is 14.0. The number of amides is 1. The van der Waals surface area contributed by atoms with Crippen molar-refractivity contribution in [3.05, 3.63) is 61.6 Å². The molecule has 0 saturated heterocycles. The fourth-order valence-electron chi connectivity index (χ4n) is 7.57. The second-order valence-electron chi connectivity index (χ2n) is 12.9. The Morgan fingerprint density at radius 3 is 2.41 bits per heavy atom. The molecule has 6 nitrogen and oxygen atoms in total. The zero-order chi connectivity index (χ0) is 26.3. The number of fused-ring (bicyclic) bond motifs is 3. The number of hydrogen-bond acceptors (Lipinski definition) is 4. The lowest BCUT2D eigenvalue weighted by molar-refractivity contribution is 0.0157. The van der Waals surface area contributed by atoms with Crippen LogP contribution in [0.25, 0.3) is 0 Å². The minimum atomic E-state index is -0.208. The van der Waals surface area contributed by atoms with Crippen molar-refractivity contribution >= 4 is 5.91 Å². The van der Waals surface area contributed by atoms with Gasteiger partial charge in [0.25, 0.3) is 11.5 Å². The van der Waals surface area contributed by atoms with Crippen LogP contribution in [0.2, 0.25) is 0 Å². The van der Waals surface area contributed by atoms with E-state index >= 15 is 0 Å². The van der Waals surface area contributed by atoms with Crippen LogP contribution in [0.1, 0.15) is 89.3 Å². The SMILES string of the molecule is Cc1cc(C)c(CN2CC3(CC3)c3cc4c(c(C)c3C2=O)OC(C)(C2CCC(N(C)C)CC2)C4)c(=O)[nH]1. The number of carbonyl (C=O) groups is 1. The molecule has 1 N–H and O–H groups in total. The summed E-state index contributed by atoms with van der Waals surface area (Å²) in [5, 5.41) is 0. The number of aromatic nitrogens is 1. The lowest BCUT2D eigenvalue weighted by Gasteiger charge is -2.40. The van der Waals surface area contributed by atoms with Gasteiger partial charge in [-0.25, -0.2) is 0 Å². The van der Waals surface area contributed by atoms with Gasteiger partial charge < -0.3 is 19.5 Å². The summed E-state index contributed by atoms with van der Waals surface area (Å²) in [7, 11) is 4.37. The van der Waals surface area contributed by atoms with Crippen molar-refractivity contribution < 1.29 is 9.53 Å². The molecule has 1 aromatic carbocycles. The highest BCUT2D eigenvalue weighted by Gasteiger charge is 2.54. The Morgan fingerprint density at radius 1 is 1.08 bits per heavy atom. The van der Waals surface area contributed by atoms with E-state index in [-0.39, 0.29) is 22.5 Å². The molecule has 2 aromatic rings. The fourth-order valence-corrected chi connectivity index (χ4v) is 7.57. The number of carbonyl (C=O) groups excluding carboxylic acids is 1. The van der Waals surface area contributed by atoms with Gasteiger partial charge in [-0.05, 0) is 109 Å². The van der Waals surface area contributed by atoms with Crippen molar-refractivity contribution in [2.75, 3.05) is 20.6 Å². The van der Waals surface area contributed by atoms with Crippen molar-refractivity contribution in [3.63, 3.8) is 0 Å². The second-order valence-corrected chi connectivity index (χ2v) is 12.9. The summed E-state index contributed by atoms with van der Waals surface area (Å²) < 4.78 is 6.83. The van der Waals surface area contributed by atoms with Gasteiger partial charge in [0.15, 0.2) is 0 Å². The fraction of sp³-hybridized carbons (Fsp3) is 0.613. The molecule has 2 aliphatic carbocycles. The van der Waals surface area contributed by atoms with Crippen LogP contribution >= 0.6 is 0 Å². The Morgan fingerprint density at radius 2 is 1.78 bits per heavy atom. The molecule has 2 aliphatic heterocycles. The molecule has 1 amide bonds. The van der Waals surface area contributed by atoms with Crippen molar-refractivity contribution in [2.45, 2.75) is 96.2 Å². The molecule has 6 heteroatoms. The van der Waals surface area contributed by atoms with Gasteiger partial charge in [0.05, 0.1) is 6.54 Å². The average Bonchev–Trinajstić information content (AvgIpc) is 3.52. The molecule has 2 fully saturated rings. The van der Waals surface area contributed by atoms with Crippen LogP contribution in [0.15, 0.2) is 16.9 Å². The summed E-state index contributed by atoms with van der Waals surface area (Å²) in [5.74, 6) is 1.51. The lowest BCUT2D eigenvalue weighted by Crippen LogP contribution is -2.44. The van der Waals surface area contributed by atoms with Gasteiger partial charge in [0.2, 0.25) is 0 Å². The molecule has 1 aromatic heterocycles. The van der Waals surface area contributed by atoms with Gasteiger partial charge in [-0.1, -0.05) is 6.07 Å². The number of aryl methyl sites for hydroxylation is 2. The molecule has 1 unspecified atom stereocenters. The van der Waals surface area contributed by atoms with Crippen LogP contribution in [0.4, 0.5) is 0 Å². The van der Waals surface area contributed by atoms with E-state index in [4.69, 9.17) is 4.74 Å². The van der Waals surface area contributed by atoms with E-state index in [1.165, 1.54) is 36.8 Å². The maximum absolute atomic E-state index is 14.0. The van der Waals surface area contributed by atoms with Crippen LogP contribution in [0.3, 0.4) is 0 Å². The van der Waals surface area contributed by atoms with Gasteiger partial charge in [-0.3, -0.25) is 9.59 Å². The minimum absolute atomic E-state index is 0.0250. The molecule has 6 rings (SSSR count). The van der Waals surface area contributed by atoms with E-state index in [1.54, 1.807) is 0 Å². The summed E-state index contributed by atoms with van der Waals surface area (Å²) in [5.41, 5.74) is 6.54. The summed E-state index contributed by atoms with van der Waals surface area (Å²) in [4.78, 5) is 33.9. The zero-order valence-electron chi connectivity index (χ0n) is 23.3. The topological polar surface area (TPSA) is 65.6 Å². The highest BCUT2D eigenvalue weighted by atomic mass is 16.5. The minimum Gasteiger partial charge on any atom is -0.486 e. The molecule has 0 bridgehead atoms. The molecule has 3 heterocycles. The van der Waals surface area contributed by atoms with E-state index in [0.29, 0.717) is 30.6 Å². The first kappa shape index (κ1) is 24.7. The Hall–Kier alpha value is -2.60. The quantitative estimate of drug-likeness (QED) is 0.651. The molecule has 4 aliphatic rings. The number of H-pyrrole nitrogens is 1. The van der Waals surface area contributed by atoms with E-state index < -0.39 is 0 Å². The van der Waals surface area contributed by atoms with Gasteiger partial charge in [0.1, 0.15) is 11.4 Å². The third-order valence-corrected chi connectivity index (χ3v) is 10.0. The third-order valence-electron chi connectivity index (χ3n) is 10.0. The average molecular weight is 504 g/mol. The number of aromatic amines is 1. The molecule has 0 radical (unpaired) electrons. The van der Waals surface area contributed by atoms with Gasteiger partial charge in [0, 0.05) is 46.8 Å². The summed E-state index contributed by atoms with van der Waals surface area (Å²) in [6.45, 7) is 9.27. The normalized spacial score (nSPS) is 27.9. The number of benzene rings is 1. The number of rotatable bonds is 4. The predicted octanol–water partition coefficient (Wildman–Crippen LogP) is 4.80. The Bertz CT molecular complexity index is 1330. The first-order valence-corrected chi connectivity index (χ1v) is 14.0. The highest BCUT2D eigenvalue weighted by Crippen LogP contribution is 2.56. The van der Waals surface area contributed by atoms with Gasteiger partial charge in [-0.2, -0.15) is 0 Å². The number of nitrogens with one attached hydrogen (secondary N) is 1.